The molecule has 1 aliphatic carbocycles. The van der Waals surface area contributed by atoms with Crippen molar-refractivity contribution >= 4 is 27.5 Å². The Morgan fingerprint density at radius 1 is 1.24 bits per heavy atom. The van der Waals surface area contributed by atoms with Gasteiger partial charge in [-0.1, -0.05) is 27.2 Å². The number of aliphatic hydroxyl groups excluding tert-OH is 3. The van der Waals surface area contributed by atoms with Crippen molar-refractivity contribution in [1.29, 1.82) is 10.5 Å². The maximum atomic E-state index is 14.3. The molecule has 2 heterocycles. The third-order valence-electron chi connectivity index (χ3n) is 7.65. The molecule has 1 saturated carbocycles. The van der Waals surface area contributed by atoms with Crippen LogP contribution in [0.15, 0.2) is 47.1 Å². The van der Waals surface area contributed by atoms with Crippen LogP contribution in [0.4, 0.5) is 10.1 Å². The topological polar surface area (TPSA) is 178 Å². The van der Waals surface area contributed by atoms with E-state index in [1.165, 1.54) is 41.1 Å². The number of halogens is 2. The van der Waals surface area contributed by atoms with E-state index in [0.29, 0.717) is 28.6 Å². The van der Waals surface area contributed by atoms with Gasteiger partial charge in [-0.3, -0.25) is 4.79 Å². The standard InChI is InChI=1S/C28H26BrFN6O6/c1-41-26-24(35-12-20(33-34-35)15-2-3-16(11-32)19(30)8-15)25(39)23(13-37)42-27(26)28(40)36(21-4-5-22(21)38)18-7-14(10-31)6-17(29)9-18/h2-3,6-9,12,21-27,37-39H,4-5,13H2,1H3/t21-,22-,23+,24-,25-,26+,27+/m0/s1. The van der Waals surface area contributed by atoms with Gasteiger partial charge in [-0.2, -0.15) is 10.5 Å². The number of carbonyl (C=O) groups is 1. The highest BCUT2D eigenvalue weighted by atomic mass is 79.9. The number of benzene rings is 2. The van der Waals surface area contributed by atoms with Gasteiger partial charge < -0.3 is 29.7 Å². The van der Waals surface area contributed by atoms with E-state index in [1.54, 1.807) is 18.2 Å². The number of ether oxygens (including phenoxy) is 2. The number of aliphatic hydroxyl groups is 3. The van der Waals surface area contributed by atoms with Crippen molar-refractivity contribution in [2.45, 2.75) is 55.4 Å². The van der Waals surface area contributed by atoms with Crippen LogP contribution in [0.2, 0.25) is 0 Å². The second-order valence-corrected chi connectivity index (χ2v) is 11.0. The molecule has 0 radical (unpaired) electrons. The van der Waals surface area contributed by atoms with Gasteiger partial charge in [-0.25, -0.2) is 9.07 Å². The summed E-state index contributed by atoms with van der Waals surface area (Å²) in [6.07, 6.45) is -3.55. The molecule has 0 spiro atoms. The first-order valence-corrected chi connectivity index (χ1v) is 13.8. The highest BCUT2D eigenvalue weighted by Crippen LogP contribution is 2.38. The molecule has 2 fully saturated rings. The van der Waals surface area contributed by atoms with Gasteiger partial charge in [0.15, 0.2) is 6.10 Å². The van der Waals surface area contributed by atoms with E-state index in [0.717, 1.165) is 6.07 Å². The van der Waals surface area contributed by atoms with Crippen LogP contribution in [0.1, 0.15) is 30.0 Å². The number of amides is 1. The number of aromatic nitrogens is 3. The molecule has 2 aliphatic rings. The fourth-order valence-electron chi connectivity index (χ4n) is 5.34. The van der Waals surface area contributed by atoms with E-state index in [4.69, 9.17) is 14.7 Å². The first-order chi connectivity index (χ1) is 20.2. The Labute approximate surface area is 248 Å². The van der Waals surface area contributed by atoms with Gasteiger partial charge in [0.1, 0.15) is 41.9 Å². The van der Waals surface area contributed by atoms with Crippen LogP contribution in [0.3, 0.4) is 0 Å². The molecule has 42 heavy (non-hydrogen) atoms. The molecule has 1 saturated heterocycles. The summed E-state index contributed by atoms with van der Waals surface area (Å²) in [6.45, 7) is -0.637. The Morgan fingerprint density at radius 2 is 2.02 bits per heavy atom. The minimum Gasteiger partial charge on any atom is -0.394 e. The predicted octanol–water partition coefficient (Wildman–Crippen LogP) is 1.82. The Morgan fingerprint density at radius 3 is 2.62 bits per heavy atom. The van der Waals surface area contributed by atoms with Crippen molar-refractivity contribution in [3.63, 3.8) is 0 Å². The third kappa shape index (κ3) is 5.41. The lowest BCUT2D eigenvalue weighted by Gasteiger charge is -2.47. The van der Waals surface area contributed by atoms with Crippen molar-refractivity contribution in [2.24, 2.45) is 0 Å². The SMILES string of the molecule is CO[C@@H]1[C@@H](n2cc(-c3ccc(C#N)c(F)c3)nn2)[C@@H](O)[C@@H](CO)O[C@H]1C(=O)N(c1cc(Br)cc(C#N)c1)[C@H]1CC[C@@H]1O. The normalized spacial score (nSPS) is 27.0. The summed E-state index contributed by atoms with van der Waals surface area (Å²) in [4.78, 5) is 15.6. The molecule has 14 heteroatoms. The maximum Gasteiger partial charge on any atom is 0.259 e. The zero-order valence-electron chi connectivity index (χ0n) is 22.2. The summed E-state index contributed by atoms with van der Waals surface area (Å²) in [5, 5.41) is 58.5. The maximum absolute atomic E-state index is 14.3. The Hall–Kier alpha value is -3.76. The number of nitriles is 2. The lowest BCUT2D eigenvalue weighted by molar-refractivity contribution is -0.211. The van der Waals surface area contributed by atoms with Crippen molar-refractivity contribution < 1.29 is 34.0 Å². The molecule has 1 amide bonds. The number of carbonyl (C=O) groups excluding carboxylic acids is 1. The van der Waals surface area contributed by atoms with Crippen molar-refractivity contribution in [2.75, 3.05) is 18.6 Å². The number of methoxy groups -OCH3 is 1. The van der Waals surface area contributed by atoms with Gasteiger partial charge in [0.2, 0.25) is 0 Å². The zero-order chi connectivity index (χ0) is 30.1. The largest absolute Gasteiger partial charge is 0.394 e. The van der Waals surface area contributed by atoms with Gasteiger partial charge in [0, 0.05) is 22.8 Å². The zero-order valence-corrected chi connectivity index (χ0v) is 23.8. The van der Waals surface area contributed by atoms with Crippen molar-refractivity contribution in [3.05, 3.63) is 64.0 Å². The van der Waals surface area contributed by atoms with Crippen molar-refractivity contribution in [3.8, 4) is 23.4 Å². The minimum atomic E-state index is -1.39. The van der Waals surface area contributed by atoms with Gasteiger partial charge >= 0.3 is 0 Å². The first kappa shape index (κ1) is 29.7. The van der Waals surface area contributed by atoms with Gasteiger partial charge in [0.05, 0.1) is 42.1 Å². The Bertz CT molecular complexity index is 1570. The minimum absolute atomic E-state index is 0.133. The molecule has 12 nitrogen and oxygen atoms in total. The number of hydrogen-bond donors (Lipinski definition) is 3. The number of nitrogens with zero attached hydrogens (tertiary/aromatic N) is 6. The number of hydrogen-bond acceptors (Lipinski definition) is 10. The Balaban J connectivity index is 1.53. The average molecular weight is 641 g/mol. The Kier molecular flexibility index (Phi) is 8.65. The van der Waals surface area contributed by atoms with E-state index >= 15 is 0 Å². The molecule has 3 N–H and O–H groups in total. The van der Waals surface area contributed by atoms with Crippen LogP contribution in [-0.4, -0.2) is 86.5 Å². The molecule has 1 aromatic heterocycles. The molecule has 5 rings (SSSR count). The molecule has 7 atom stereocenters. The average Bonchev–Trinajstić information content (AvgIpc) is 3.47. The van der Waals surface area contributed by atoms with E-state index in [2.05, 4.69) is 32.3 Å². The predicted molar refractivity (Wildman–Crippen MR) is 147 cm³/mol. The van der Waals surface area contributed by atoms with Crippen molar-refractivity contribution in [1.82, 2.24) is 15.0 Å². The summed E-state index contributed by atoms with van der Waals surface area (Å²) in [6, 6.07) is 10.8. The van der Waals surface area contributed by atoms with E-state index in [9.17, 15) is 29.8 Å². The van der Waals surface area contributed by atoms with Crippen LogP contribution in [0.5, 0.6) is 0 Å². The lowest BCUT2D eigenvalue weighted by Crippen LogP contribution is -2.64. The summed E-state index contributed by atoms with van der Waals surface area (Å²) >= 11 is 3.37. The highest BCUT2D eigenvalue weighted by molar-refractivity contribution is 9.10. The summed E-state index contributed by atoms with van der Waals surface area (Å²) in [5.41, 5.74) is 1.06. The third-order valence-corrected chi connectivity index (χ3v) is 8.10. The summed E-state index contributed by atoms with van der Waals surface area (Å²) < 4.78 is 27.7. The number of rotatable bonds is 7. The van der Waals surface area contributed by atoms with Gasteiger partial charge in [-0.15, -0.1) is 5.10 Å². The molecule has 2 aromatic carbocycles. The smallest absolute Gasteiger partial charge is 0.259 e. The molecule has 0 bridgehead atoms. The molecule has 0 unspecified atom stereocenters. The molecule has 3 aromatic rings. The fourth-order valence-corrected chi connectivity index (χ4v) is 5.82. The van der Waals surface area contributed by atoms with Crippen LogP contribution < -0.4 is 4.90 Å². The second-order valence-electron chi connectivity index (χ2n) is 10.1. The van der Waals surface area contributed by atoms with Crippen LogP contribution in [0.25, 0.3) is 11.3 Å². The van der Waals surface area contributed by atoms with Gasteiger partial charge in [-0.05, 0) is 43.2 Å². The number of anilines is 1. The van der Waals surface area contributed by atoms with Gasteiger partial charge in [0.25, 0.3) is 5.91 Å². The highest BCUT2D eigenvalue weighted by Gasteiger charge is 2.52. The second kappa shape index (κ2) is 12.2. The van der Waals surface area contributed by atoms with E-state index in [-0.39, 0.29) is 16.8 Å². The van der Waals surface area contributed by atoms with Crippen LogP contribution >= 0.6 is 15.9 Å². The molecule has 1 aliphatic heterocycles. The summed E-state index contributed by atoms with van der Waals surface area (Å²) in [7, 11) is 1.33. The monoisotopic (exact) mass is 640 g/mol. The van der Waals surface area contributed by atoms with Crippen LogP contribution in [-0.2, 0) is 14.3 Å². The first-order valence-electron chi connectivity index (χ1n) is 13.0. The summed E-state index contributed by atoms with van der Waals surface area (Å²) in [5.74, 6) is -1.35. The fraction of sp³-hybridized carbons (Fsp3) is 0.393. The molecular formula is C28H26BrFN6O6. The quantitative estimate of drug-likeness (QED) is 0.345. The molecular weight excluding hydrogens is 615 g/mol. The lowest BCUT2D eigenvalue weighted by atomic mass is 9.85. The van der Waals surface area contributed by atoms with E-state index < -0.39 is 60.9 Å². The van der Waals surface area contributed by atoms with Crippen LogP contribution in [0, 0.1) is 28.5 Å². The van der Waals surface area contributed by atoms with E-state index in [1.807, 2.05) is 0 Å². The molecule has 218 valence electrons.